The first kappa shape index (κ1) is 20.5. The summed E-state index contributed by atoms with van der Waals surface area (Å²) >= 11 is 0. The highest BCUT2D eigenvalue weighted by atomic mass is 32.2. The van der Waals surface area contributed by atoms with Crippen molar-refractivity contribution in [3.05, 3.63) is 17.1 Å². The lowest BCUT2D eigenvalue weighted by atomic mass is 10.0. The van der Waals surface area contributed by atoms with Crippen LogP contribution in [0.4, 0.5) is 5.82 Å². The first-order chi connectivity index (χ1) is 13.9. The topological polar surface area (TPSA) is 98.7 Å². The van der Waals surface area contributed by atoms with Crippen LogP contribution < -0.4 is 5.32 Å². The van der Waals surface area contributed by atoms with Crippen molar-refractivity contribution in [2.24, 2.45) is 0 Å². The predicted molar refractivity (Wildman–Crippen MR) is 110 cm³/mol. The van der Waals surface area contributed by atoms with Crippen LogP contribution in [0.1, 0.15) is 55.6 Å². The molecule has 3 aliphatic rings. The Balaban J connectivity index is 1.55. The van der Waals surface area contributed by atoms with E-state index in [2.05, 4.69) is 5.32 Å². The molecule has 10 heteroatoms. The van der Waals surface area contributed by atoms with E-state index >= 15 is 0 Å². The molecule has 1 amide bonds. The third-order valence-electron chi connectivity index (χ3n) is 6.25. The van der Waals surface area contributed by atoms with E-state index in [0.29, 0.717) is 51.5 Å². The van der Waals surface area contributed by atoms with Crippen LogP contribution in [0.3, 0.4) is 0 Å². The fourth-order valence-corrected chi connectivity index (χ4v) is 6.27. The molecule has 4 rings (SSSR count). The van der Waals surface area contributed by atoms with Gasteiger partial charge in [0, 0.05) is 58.2 Å². The molecule has 160 valence electrons. The number of carbonyl (C=O) groups excluding carboxylic acids is 1. The zero-order valence-corrected chi connectivity index (χ0v) is 18.0. The highest BCUT2D eigenvalue weighted by Crippen LogP contribution is 2.32. The monoisotopic (exact) mass is 422 g/mol. The van der Waals surface area contributed by atoms with Crippen molar-refractivity contribution < 1.29 is 13.2 Å². The number of anilines is 1. The summed E-state index contributed by atoms with van der Waals surface area (Å²) in [5, 5.41) is 3.16. The number of fused-ring (bicyclic) bond motifs is 1. The van der Waals surface area contributed by atoms with Crippen molar-refractivity contribution in [2.45, 2.75) is 51.5 Å². The minimum absolute atomic E-state index is 0.0281. The van der Waals surface area contributed by atoms with Gasteiger partial charge in [-0.15, -0.1) is 0 Å². The molecule has 1 aromatic rings. The van der Waals surface area contributed by atoms with Crippen LogP contribution >= 0.6 is 0 Å². The number of rotatable bonds is 4. The van der Waals surface area contributed by atoms with Crippen LogP contribution in [0.2, 0.25) is 0 Å². The molecule has 0 radical (unpaired) electrons. The summed E-state index contributed by atoms with van der Waals surface area (Å²) in [7, 11) is -1.57. The lowest BCUT2D eigenvalue weighted by Gasteiger charge is -2.30. The maximum Gasteiger partial charge on any atom is 0.281 e. The van der Waals surface area contributed by atoms with Gasteiger partial charge >= 0.3 is 0 Å². The molecule has 4 heterocycles. The average Bonchev–Trinajstić information content (AvgIpc) is 3.24. The van der Waals surface area contributed by atoms with Crippen molar-refractivity contribution in [1.29, 1.82) is 0 Å². The fourth-order valence-electron chi connectivity index (χ4n) is 4.52. The Morgan fingerprint density at radius 3 is 2.52 bits per heavy atom. The lowest BCUT2D eigenvalue weighted by molar-refractivity contribution is -0.129. The maximum absolute atomic E-state index is 13.0. The Hall–Kier alpha value is -1.78. The number of nitrogens with one attached hydrogen (secondary N) is 1. The largest absolute Gasteiger partial charge is 0.373 e. The molecule has 0 unspecified atom stereocenters. The highest BCUT2D eigenvalue weighted by Gasteiger charge is 2.38. The number of piperidine rings is 1. The van der Waals surface area contributed by atoms with Gasteiger partial charge in [0.15, 0.2) is 0 Å². The molecular weight excluding hydrogens is 392 g/mol. The van der Waals surface area contributed by atoms with Crippen molar-refractivity contribution >= 4 is 21.9 Å². The molecule has 0 aromatic carbocycles. The molecule has 1 atom stereocenters. The van der Waals surface area contributed by atoms with Crippen LogP contribution in [-0.4, -0.2) is 77.6 Å². The molecule has 0 aliphatic carbocycles. The van der Waals surface area contributed by atoms with Crippen LogP contribution in [-0.2, 0) is 28.0 Å². The van der Waals surface area contributed by atoms with Gasteiger partial charge in [-0.1, -0.05) is 6.42 Å². The van der Waals surface area contributed by atoms with E-state index < -0.39 is 10.2 Å². The highest BCUT2D eigenvalue weighted by molar-refractivity contribution is 7.86. The third-order valence-corrected chi connectivity index (χ3v) is 8.25. The normalized spacial score (nSPS) is 23.8. The Morgan fingerprint density at radius 1 is 1.07 bits per heavy atom. The van der Waals surface area contributed by atoms with Gasteiger partial charge in [0.05, 0.1) is 12.2 Å². The molecule has 2 fully saturated rings. The molecule has 0 saturated carbocycles. The van der Waals surface area contributed by atoms with Crippen molar-refractivity contribution in [2.75, 3.05) is 45.1 Å². The molecule has 29 heavy (non-hydrogen) atoms. The smallest absolute Gasteiger partial charge is 0.281 e. The maximum atomic E-state index is 13.0. The Kier molecular flexibility index (Phi) is 5.76. The van der Waals surface area contributed by atoms with E-state index in [1.54, 1.807) is 20.4 Å². The van der Waals surface area contributed by atoms with E-state index in [1.165, 1.54) is 0 Å². The SMILES string of the molecule is CNc1nc([C@@H]2CCN(S(=O)(=O)N3CCCCC3)C2)nc2c1CCN(C(C)=O)C2. The lowest BCUT2D eigenvalue weighted by Crippen LogP contribution is -2.45. The Labute approximate surface area is 172 Å². The fraction of sp³-hybridized carbons (Fsp3) is 0.737. The van der Waals surface area contributed by atoms with E-state index in [1.807, 2.05) is 7.05 Å². The van der Waals surface area contributed by atoms with Crippen molar-refractivity contribution in [1.82, 2.24) is 23.5 Å². The number of hydrogen-bond donors (Lipinski definition) is 1. The standard InChI is InChI=1S/C19H30N6O3S/c1-14(26)23-10-7-16-17(13-23)21-18(22-19(16)20-2)15-6-11-25(12-15)29(27,28)24-8-4-3-5-9-24/h15H,3-13H2,1-2H3,(H,20,21,22)/t15-/m1/s1. The van der Waals surface area contributed by atoms with E-state index in [-0.39, 0.29) is 11.8 Å². The second-order valence-electron chi connectivity index (χ2n) is 8.11. The van der Waals surface area contributed by atoms with Crippen LogP contribution in [0.15, 0.2) is 0 Å². The number of amides is 1. The number of hydrogen-bond acceptors (Lipinski definition) is 6. The van der Waals surface area contributed by atoms with Gasteiger partial charge in [0.25, 0.3) is 10.2 Å². The first-order valence-corrected chi connectivity index (χ1v) is 11.9. The van der Waals surface area contributed by atoms with Gasteiger partial charge in [0.2, 0.25) is 5.91 Å². The van der Waals surface area contributed by atoms with Gasteiger partial charge < -0.3 is 10.2 Å². The van der Waals surface area contributed by atoms with Gasteiger partial charge in [-0.2, -0.15) is 17.0 Å². The number of aromatic nitrogens is 2. The van der Waals surface area contributed by atoms with E-state index in [4.69, 9.17) is 9.97 Å². The van der Waals surface area contributed by atoms with Crippen LogP contribution in [0, 0.1) is 0 Å². The van der Waals surface area contributed by atoms with Gasteiger partial charge in [-0.05, 0) is 25.7 Å². The minimum atomic E-state index is -3.41. The van der Waals surface area contributed by atoms with Crippen molar-refractivity contribution in [3.8, 4) is 0 Å². The van der Waals surface area contributed by atoms with Gasteiger partial charge in [-0.25, -0.2) is 9.97 Å². The average molecular weight is 423 g/mol. The Morgan fingerprint density at radius 2 is 1.83 bits per heavy atom. The zero-order chi connectivity index (χ0) is 20.6. The minimum Gasteiger partial charge on any atom is -0.373 e. The summed E-state index contributed by atoms with van der Waals surface area (Å²) in [4.78, 5) is 23.1. The molecule has 0 bridgehead atoms. The van der Waals surface area contributed by atoms with Crippen molar-refractivity contribution in [3.63, 3.8) is 0 Å². The second-order valence-corrected chi connectivity index (χ2v) is 10.0. The summed E-state index contributed by atoms with van der Waals surface area (Å²) < 4.78 is 29.2. The number of carbonyl (C=O) groups is 1. The quantitative estimate of drug-likeness (QED) is 0.776. The molecule has 1 aromatic heterocycles. The molecule has 2 saturated heterocycles. The van der Waals surface area contributed by atoms with E-state index in [9.17, 15) is 13.2 Å². The van der Waals surface area contributed by atoms with E-state index in [0.717, 1.165) is 42.8 Å². The van der Waals surface area contributed by atoms with Crippen LogP contribution in [0.25, 0.3) is 0 Å². The third kappa shape index (κ3) is 3.97. The second kappa shape index (κ2) is 8.16. The Bertz CT molecular complexity index is 884. The summed E-state index contributed by atoms with van der Waals surface area (Å²) in [5.41, 5.74) is 1.93. The molecule has 0 spiro atoms. The predicted octanol–water partition coefficient (Wildman–Crippen LogP) is 0.943. The molecule has 3 aliphatic heterocycles. The molecule has 9 nitrogen and oxygen atoms in total. The summed E-state index contributed by atoms with van der Waals surface area (Å²) in [6.45, 7) is 4.87. The van der Waals surface area contributed by atoms with Gasteiger partial charge in [-0.3, -0.25) is 4.79 Å². The molecular formula is C19H30N6O3S. The summed E-state index contributed by atoms with van der Waals surface area (Å²) in [6, 6.07) is 0. The summed E-state index contributed by atoms with van der Waals surface area (Å²) in [5.74, 6) is 1.49. The number of nitrogens with zero attached hydrogens (tertiary/aromatic N) is 5. The molecule has 1 N–H and O–H groups in total. The first-order valence-electron chi connectivity index (χ1n) is 10.5. The summed E-state index contributed by atoms with van der Waals surface area (Å²) in [6.07, 6.45) is 4.41. The zero-order valence-electron chi connectivity index (χ0n) is 17.2. The van der Waals surface area contributed by atoms with Crippen LogP contribution in [0.5, 0.6) is 0 Å². The van der Waals surface area contributed by atoms with Gasteiger partial charge in [0.1, 0.15) is 11.6 Å².